The molecule has 0 aromatic carbocycles. The quantitative estimate of drug-likeness (QED) is 0.272. The number of methoxy groups -OCH3 is 1. The zero-order valence-electron chi connectivity index (χ0n) is 11.2. The van der Waals surface area contributed by atoms with Crippen LogP contribution in [0.5, 0.6) is 0 Å². The molecule has 110 valence electrons. The van der Waals surface area contributed by atoms with Gasteiger partial charge in [0, 0.05) is 24.4 Å². The second-order valence-electron chi connectivity index (χ2n) is 4.50. The molecular formula is C12H12BrN5O3. The van der Waals surface area contributed by atoms with Crippen molar-refractivity contribution in [2.45, 2.75) is 6.42 Å². The molecule has 9 heteroatoms. The zero-order valence-corrected chi connectivity index (χ0v) is 12.8. The fraction of sp³-hybridized carbons (Fsp3) is 0.417. The monoisotopic (exact) mass is 353 g/mol. The Hall–Kier alpha value is -2.12. The van der Waals surface area contributed by atoms with Crippen LogP contribution in [0.2, 0.25) is 0 Å². The molecular weight excluding hydrogens is 342 g/mol. The van der Waals surface area contributed by atoms with E-state index in [0.29, 0.717) is 16.8 Å². The molecule has 0 aliphatic carbocycles. The number of aromatic nitrogens is 1. The molecule has 0 saturated carbocycles. The number of esters is 1. The van der Waals surface area contributed by atoms with E-state index in [-0.39, 0.29) is 30.4 Å². The number of hydrogen-bond acceptors (Lipinski definition) is 5. The highest BCUT2D eigenvalue weighted by Gasteiger charge is 2.32. The van der Waals surface area contributed by atoms with Crippen molar-refractivity contribution in [2.75, 3.05) is 25.1 Å². The van der Waals surface area contributed by atoms with Crippen molar-refractivity contribution in [2.24, 2.45) is 11.0 Å². The first-order chi connectivity index (χ1) is 10.1. The summed E-state index contributed by atoms with van der Waals surface area (Å²) in [6, 6.07) is 1.51. The Morgan fingerprint density at radius 2 is 2.48 bits per heavy atom. The van der Waals surface area contributed by atoms with Gasteiger partial charge in [0.1, 0.15) is 4.60 Å². The molecule has 1 aliphatic rings. The number of anilines is 1. The first kappa shape index (κ1) is 15.3. The van der Waals surface area contributed by atoms with E-state index >= 15 is 0 Å². The largest absolute Gasteiger partial charge is 0.465 e. The molecule has 21 heavy (non-hydrogen) atoms. The minimum Gasteiger partial charge on any atom is -0.465 e. The maximum absolute atomic E-state index is 12.1. The minimum absolute atomic E-state index is 0.0671. The molecule has 1 aromatic heterocycles. The summed E-state index contributed by atoms with van der Waals surface area (Å²) < 4.78 is 5.20. The number of carbonyl (C=O) groups excluding carboxylic acids is 2. The van der Waals surface area contributed by atoms with Gasteiger partial charge in [-0.05, 0) is 33.4 Å². The van der Waals surface area contributed by atoms with E-state index in [4.69, 9.17) is 10.3 Å². The molecule has 2 rings (SSSR count). The van der Waals surface area contributed by atoms with Gasteiger partial charge in [0.2, 0.25) is 5.91 Å². The Bertz CT molecular complexity index is 629. The molecule has 8 nitrogen and oxygen atoms in total. The lowest BCUT2D eigenvalue weighted by Gasteiger charge is -2.19. The molecule has 1 saturated heterocycles. The fourth-order valence-corrected chi connectivity index (χ4v) is 2.53. The SMILES string of the molecule is COC(=O)c1cc(Br)ncc1N1CC(CN=[N+]=[N-])CC1=O. The Morgan fingerprint density at radius 3 is 3.14 bits per heavy atom. The highest BCUT2D eigenvalue weighted by Crippen LogP contribution is 2.29. The van der Waals surface area contributed by atoms with Gasteiger partial charge in [-0.25, -0.2) is 9.78 Å². The van der Waals surface area contributed by atoms with Gasteiger partial charge >= 0.3 is 5.97 Å². The summed E-state index contributed by atoms with van der Waals surface area (Å²) in [6.07, 6.45) is 1.72. The molecule has 1 atom stereocenters. The molecule has 0 N–H and O–H groups in total. The van der Waals surface area contributed by atoms with Crippen molar-refractivity contribution in [1.29, 1.82) is 0 Å². The van der Waals surface area contributed by atoms with E-state index in [2.05, 4.69) is 30.9 Å². The summed E-state index contributed by atoms with van der Waals surface area (Å²) in [5.74, 6) is -0.746. The van der Waals surface area contributed by atoms with Crippen LogP contribution < -0.4 is 4.90 Å². The van der Waals surface area contributed by atoms with E-state index in [0.717, 1.165) is 0 Å². The second kappa shape index (κ2) is 6.55. The van der Waals surface area contributed by atoms with Crippen molar-refractivity contribution in [3.8, 4) is 0 Å². The normalized spacial score (nSPS) is 17.5. The van der Waals surface area contributed by atoms with Crippen molar-refractivity contribution in [1.82, 2.24) is 4.98 Å². The van der Waals surface area contributed by atoms with Gasteiger partial charge in [0.05, 0.1) is 24.6 Å². The average molecular weight is 354 g/mol. The summed E-state index contributed by atoms with van der Waals surface area (Å²) in [6.45, 7) is 0.626. The van der Waals surface area contributed by atoms with E-state index < -0.39 is 5.97 Å². The van der Waals surface area contributed by atoms with Crippen LogP contribution in [0.15, 0.2) is 22.0 Å². The number of azide groups is 1. The summed E-state index contributed by atoms with van der Waals surface area (Å²) in [5, 5.41) is 3.49. The standard InChI is InChI=1S/C12H12BrN5O3/c1-21-12(20)8-3-10(13)15-5-9(8)18-6-7(2-11(18)19)4-16-17-14/h3,5,7H,2,4,6H2,1H3. The number of carbonyl (C=O) groups is 2. The predicted octanol–water partition coefficient (Wildman–Crippen LogP) is 2.29. The molecule has 0 radical (unpaired) electrons. The van der Waals surface area contributed by atoms with Gasteiger partial charge in [-0.2, -0.15) is 0 Å². The minimum atomic E-state index is -0.542. The molecule has 1 aromatic rings. The first-order valence-corrected chi connectivity index (χ1v) is 6.91. The van der Waals surface area contributed by atoms with Crippen LogP contribution in [0.25, 0.3) is 10.4 Å². The molecule has 1 fully saturated rings. The molecule has 0 spiro atoms. The summed E-state index contributed by atoms with van der Waals surface area (Å²) in [4.78, 5) is 32.2. The van der Waals surface area contributed by atoms with E-state index in [1.165, 1.54) is 24.3 Å². The molecule has 1 amide bonds. The Kier molecular flexibility index (Phi) is 4.77. The number of hydrogen-bond donors (Lipinski definition) is 0. The van der Waals surface area contributed by atoms with E-state index in [1.54, 1.807) is 0 Å². The lowest BCUT2D eigenvalue weighted by molar-refractivity contribution is -0.117. The smallest absolute Gasteiger partial charge is 0.340 e. The van der Waals surface area contributed by atoms with E-state index in [1.807, 2.05) is 0 Å². The molecule has 0 bridgehead atoms. The van der Waals surface area contributed by atoms with Gasteiger partial charge in [0.25, 0.3) is 0 Å². The molecule has 1 unspecified atom stereocenters. The highest BCUT2D eigenvalue weighted by molar-refractivity contribution is 9.10. The molecule has 1 aliphatic heterocycles. The third-order valence-corrected chi connectivity index (χ3v) is 3.59. The maximum atomic E-state index is 12.1. The van der Waals surface area contributed by atoms with Crippen molar-refractivity contribution >= 4 is 33.5 Å². The Balaban J connectivity index is 2.31. The number of amides is 1. The zero-order chi connectivity index (χ0) is 15.4. The van der Waals surface area contributed by atoms with Crippen LogP contribution in [0.3, 0.4) is 0 Å². The Morgan fingerprint density at radius 1 is 1.71 bits per heavy atom. The number of halogens is 1. The molecule has 2 heterocycles. The van der Waals surface area contributed by atoms with Gasteiger partial charge in [-0.15, -0.1) is 0 Å². The maximum Gasteiger partial charge on any atom is 0.340 e. The van der Waals surface area contributed by atoms with Crippen LogP contribution in [-0.4, -0.2) is 37.1 Å². The van der Waals surface area contributed by atoms with Gasteiger partial charge in [0.15, 0.2) is 0 Å². The predicted molar refractivity (Wildman–Crippen MR) is 77.7 cm³/mol. The second-order valence-corrected chi connectivity index (χ2v) is 5.32. The lowest BCUT2D eigenvalue weighted by Crippen LogP contribution is -2.27. The van der Waals surface area contributed by atoms with Crippen LogP contribution in [0, 0.1) is 5.92 Å². The fourth-order valence-electron chi connectivity index (χ4n) is 2.20. The summed E-state index contributed by atoms with van der Waals surface area (Å²) in [7, 11) is 1.27. The number of ether oxygens (including phenoxy) is 1. The van der Waals surface area contributed by atoms with Crippen molar-refractivity contribution in [3.05, 3.63) is 32.9 Å². The van der Waals surface area contributed by atoms with Gasteiger partial charge in [-0.1, -0.05) is 5.11 Å². The van der Waals surface area contributed by atoms with E-state index in [9.17, 15) is 9.59 Å². The number of rotatable bonds is 4. The number of nitrogens with zero attached hydrogens (tertiary/aromatic N) is 5. The number of pyridine rings is 1. The topological polar surface area (TPSA) is 108 Å². The van der Waals surface area contributed by atoms with Crippen LogP contribution >= 0.6 is 15.9 Å². The van der Waals surface area contributed by atoms with Gasteiger partial charge < -0.3 is 9.64 Å². The first-order valence-electron chi connectivity index (χ1n) is 6.12. The summed E-state index contributed by atoms with van der Waals surface area (Å²) >= 11 is 3.19. The van der Waals surface area contributed by atoms with Crippen LogP contribution in [0.1, 0.15) is 16.8 Å². The lowest BCUT2D eigenvalue weighted by atomic mass is 10.1. The third kappa shape index (κ3) is 3.32. The average Bonchev–Trinajstić information content (AvgIpc) is 2.85. The third-order valence-electron chi connectivity index (χ3n) is 3.15. The van der Waals surface area contributed by atoms with Crippen molar-refractivity contribution in [3.63, 3.8) is 0 Å². The van der Waals surface area contributed by atoms with Gasteiger partial charge in [-0.3, -0.25) is 4.79 Å². The highest BCUT2D eigenvalue weighted by atomic mass is 79.9. The Labute approximate surface area is 128 Å². The van der Waals surface area contributed by atoms with Crippen molar-refractivity contribution < 1.29 is 14.3 Å². The summed E-state index contributed by atoms with van der Waals surface area (Å²) in [5.41, 5.74) is 9.00. The van der Waals surface area contributed by atoms with Crippen LogP contribution in [0.4, 0.5) is 5.69 Å². The van der Waals surface area contributed by atoms with Crippen LogP contribution in [-0.2, 0) is 9.53 Å².